The Morgan fingerprint density at radius 2 is 1.35 bits per heavy atom. The van der Waals surface area contributed by atoms with E-state index in [0.717, 1.165) is 36.1 Å². The topological polar surface area (TPSA) is 29.5 Å². The molecule has 0 amide bonds. The Labute approximate surface area is 156 Å². The fourth-order valence-corrected chi connectivity index (χ4v) is 3.08. The average Bonchev–Trinajstić information content (AvgIpc) is 2.68. The van der Waals surface area contributed by atoms with Gasteiger partial charge in [-0.25, -0.2) is 0 Å². The first kappa shape index (κ1) is 18.2. The summed E-state index contributed by atoms with van der Waals surface area (Å²) >= 11 is 0. The molecular formula is C24H26O2. The molecular weight excluding hydrogens is 320 g/mol. The molecule has 3 rings (SSSR count). The lowest BCUT2D eigenvalue weighted by Crippen LogP contribution is -2.21. The van der Waals surface area contributed by atoms with Crippen LogP contribution in [-0.4, -0.2) is 5.11 Å². The summed E-state index contributed by atoms with van der Waals surface area (Å²) in [5.41, 5.74) is 2.56. The van der Waals surface area contributed by atoms with Crippen LogP contribution in [0.5, 0.6) is 5.75 Å². The largest absolute Gasteiger partial charge is 0.489 e. The van der Waals surface area contributed by atoms with E-state index in [9.17, 15) is 5.11 Å². The molecule has 0 bridgehead atoms. The van der Waals surface area contributed by atoms with Crippen LogP contribution in [-0.2, 0) is 18.6 Å². The lowest BCUT2D eigenvalue weighted by Gasteiger charge is -2.24. The van der Waals surface area contributed by atoms with Crippen molar-refractivity contribution in [3.63, 3.8) is 0 Å². The van der Waals surface area contributed by atoms with Gasteiger partial charge in [-0.05, 0) is 55.0 Å². The molecule has 0 heterocycles. The third-order valence-corrected chi connectivity index (χ3v) is 4.70. The lowest BCUT2D eigenvalue weighted by molar-refractivity contribution is 0.0456. The second kappa shape index (κ2) is 8.68. The van der Waals surface area contributed by atoms with Crippen molar-refractivity contribution in [1.82, 2.24) is 0 Å². The van der Waals surface area contributed by atoms with Crippen LogP contribution in [0.15, 0.2) is 84.9 Å². The zero-order valence-corrected chi connectivity index (χ0v) is 15.3. The summed E-state index contributed by atoms with van der Waals surface area (Å²) in [4.78, 5) is 0. The highest BCUT2D eigenvalue weighted by molar-refractivity contribution is 5.31. The number of ether oxygens (including phenoxy) is 1. The molecule has 134 valence electrons. The van der Waals surface area contributed by atoms with E-state index < -0.39 is 5.60 Å². The molecule has 1 N–H and O–H groups in total. The van der Waals surface area contributed by atoms with Gasteiger partial charge in [-0.3, -0.25) is 0 Å². The van der Waals surface area contributed by atoms with Gasteiger partial charge in [-0.15, -0.1) is 0 Å². The van der Waals surface area contributed by atoms with E-state index >= 15 is 0 Å². The normalized spacial score (nSPS) is 13.2. The predicted molar refractivity (Wildman–Crippen MR) is 106 cm³/mol. The van der Waals surface area contributed by atoms with Gasteiger partial charge < -0.3 is 9.84 Å². The third-order valence-electron chi connectivity index (χ3n) is 4.70. The molecule has 3 aromatic carbocycles. The summed E-state index contributed by atoms with van der Waals surface area (Å²) in [6, 6.07) is 28.3. The van der Waals surface area contributed by atoms with Crippen LogP contribution in [0, 0.1) is 0 Å². The second-order valence-corrected chi connectivity index (χ2v) is 6.91. The van der Waals surface area contributed by atoms with Crippen molar-refractivity contribution in [2.24, 2.45) is 0 Å². The summed E-state index contributed by atoms with van der Waals surface area (Å²) in [7, 11) is 0. The number of aliphatic hydroxyl groups is 1. The summed E-state index contributed by atoms with van der Waals surface area (Å²) in [6.07, 6.45) is 2.66. The Kier molecular flexibility index (Phi) is 6.08. The van der Waals surface area contributed by atoms with E-state index in [4.69, 9.17) is 4.74 Å². The van der Waals surface area contributed by atoms with Crippen LogP contribution in [0.4, 0.5) is 0 Å². The van der Waals surface area contributed by atoms with Crippen LogP contribution in [0.25, 0.3) is 0 Å². The molecule has 0 saturated heterocycles. The Hall–Kier alpha value is -2.58. The van der Waals surface area contributed by atoms with Crippen LogP contribution >= 0.6 is 0 Å². The molecule has 0 radical (unpaired) electrons. The van der Waals surface area contributed by atoms with E-state index in [1.807, 2.05) is 67.6 Å². The molecule has 0 aliphatic carbocycles. The minimum Gasteiger partial charge on any atom is -0.489 e. The first-order valence-corrected chi connectivity index (χ1v) is 9.17. The Morgan fingerprint density at radius 3 is 1.96 bits per heavy atom. The van der Waals surface area contributed by atoms with Gasteiger partial charge in [0, 0.05) is 0 Å². The van der Waals surface area contributed by atoms with Gasteiger partial charge in [0.25, 0.3) is 0 Å². The maximum Gasteiger partial charge on any atom is 0.119 e. The van der Waals surface area contributed by atoms with Crippen LogP contribution in [0.2, 0.25) is 0 Å². The molecule has 1 atom stereocenters. The van der Waals surface area contributed by atoms with Gasteiger partial charge in [0.1, 0.15) is 12.4 Å². The minimum absolute atomic E-state index is 0.549. The zero-order chi connectivity index (χ0) is 18.2. The fraction of sp³-hybridized carbons (Fsp3) is 0.250. The molecule has 1 unspecified atom stereocenters. The lowest BCUT2D eigenvalue weighted by atomic mass is 9.89. The summed E-state index contributed by atoms with van der Waals surface area (Å²) in [6.45, 7) is 2.44. The SMILES string of the molecule is CC(O)(CCCc1ccccc1)c1ccc(OCc2ccccc2)cc1. The molecule has 0 spiro atoms. The second-order valence-electron chi connectivity index (χ2n) is 6.91. The zero-order valence-electron chi connectivity index (χ0n) is 15.3. The van der Waals surface area contributed by atoms with E-state index in [1.165, 1.54) is 5.56 Å². The highest BCUT2D eigenvalue weighted by Crippen LogP contribution is 2.28. The molecule has 2 heteroatoms. The number of benzene rings is 3. The molecule has 26 heavy (non-hydrogen) atoms. The Bertz CT molecular complexity index is 777. The summed E-state index contributed by atoms with van der Waals surface area (Å²) in [5.74, 6) is 0.817. The van der Waals surface area contributed by atoms with Gasteiger partial charge in [0.2, 0.25) is 0 Å². The van der Waals surface area contributed by atoms with Gasteiger partial charge in [0.05, 0.1) is 5.60 Å². The summed E-state index contributed by atoms with van der Waals surface area (Å²) in [5, 5.41) is 10.8. The minimum atomic E-state index is -0.827. The van der Waals surface area contributed by atoms with Crippen molar-refractivity contribution in [2.75, 3.05) is 0 Å². The highest BCUT2D eigenvalue weighted by Gasteiger charge is 2.22. The van der Waals surface area contributed by atoms with E-state index in [0.29, 0.717) is 6.61 Å². The smallest absolute Gasteiger partial charge is 0.119 e. The molecule has 0 aromatic heterocycles. The van der Waals surface area contributed by atoms with Crippen LogP contribution < -0.4 is 4.74 Å². The first-order valence-electron chi connectivity index (χ1n) is 9.17. The molecule has 0 fully saturated rings. The van der Waals surface area contributed by atoms with Gasteiger partial charge in [-0.1, -0.05) is 72.8 Å². The van der Waals surface area contributed by atoms with Crippen molar-refractivity contribution in [1.29, 1.82) is 0 Å². The molecule has 0 saturated carbocycles. The fourth-order valence-electron chi connectivity index (χ4n) is 3.08. The van der Waals surface area contributed by atoms with Gasteiger partial charge in [-0.2, -0.15) is 0 Å². The van der Waals surface area contributed by atoms with E-state index in [2.05, 4.69) is 24.3 Å². The van der Waals surface area contributed by atoms with Crippen LogP contribution in [0.1, 0.15) is 36.5 Å². The number of hydrogen-bond acceptors (Lipinski definition) is 2. The van der Waals surface area contributed by atoms with E-state index in [1.54, 1.807) is 0 Å². The van der Waals surface area contributed by atoms with Crippen molar-refractivity contribution in [2.45, 2.75) is 38.4 Å². The maximum atomic E-state index is 10.8. The maximum absolute atomic E-state index is 10.8. The van der Waals surface area contributed by atoms with Gasteiger partial charge in [0.15, 0.2) is 0 Å². The monoisotopic (exact) mass is 346 g/mol. The molecule has 3 aromatic rings. The summed E-state index contributed by atoms with van der Waals surface area (Å²) < 4.78 is 5.82. The number of hydrogen-bond donors (Lipinski definition) is 1. The first-order chi connectivity index (χ1) is 12.6. The van der Waals surface area contributed by atoms with Crippen LogP contribution in [0.3, 0.4) is 0 Å². The Balaban J connectivity index is 1.52. The van der Waals surface area contributed by atoms with E-state index in [-0.39, 0.29) is 0 Å². The average molecular weight is 346 g/mol. The van der Waals surface area contributed by atoms with Crippen molar-refractivity contribution in [3.8, 4) is 5.75 Å². The standard InChI is InChI=1S/C24H26O2/c1-24(25,18-8-13-20-9-4-2-5-10-20)22-14-16-23(17-15-22)26-19-21-11-6-3-7-12-21/h2-7,9-12,14-17,25H,8,13,18-19H2,1H3. The quantitative estimate of drug-likeness (QED) is 0.584. The number of rotatable bonds is 8. The third kappa shape index (κ3) is 5.21. The number of aryl methyl sites for hydroxylation is 1. The Morgan fingerprint density at radius 1 is 0.769 bits per heavy atom. The molecule has 0 aliphatic rings. The molecule has 0 aliphatic heterocycles. The van der Waals surface area contributed by atoms with Crippen molar-refractivity contribution in [3.05, 3.63) is 102 Å². The van der Waals surface area contributed by atoms with Crippen molar-refractivity contribution < 1.29 is 9.84 Å². The highest BCUT2D eigenvalue weighted by atomic mass is 16.5. The van der Waals surface area contributed by atoms with Gasteiger partial charge >= 0.3 is 0 Å². The molecule has 2 nitrogen and oxygen atoms in total. The van der Waals surface area contributed by atoms with Crippen molar-refractivity contribution >= 4 is 0 Å². The predicted octanol–water partition coefficient (Wildman–Crippen LogP) is 5.50.